The number of rotatable bonds is 17. The lowest BCUT2D eigenvalue weighted by molar-refractivity contribution is -0.0462. The average Bonchev–Trinajstić information content (AvgIpc) is 1.72. The molecule has 3 fully saturated rings. The van der Waals surface area contributed by atoms with E-state index in [1.807, 2.05) is 134 Å². The first kappa shape index (κ1) is 85.5. The summed E-state index contributed by atoms with van der Waals surface area (Å²) in [4.78, 5) is 75.9. The molecule has 0 spiro atoms. The van der Waals surface area contributed by atoms with E-state index < -0.39 is 94.4 Å². The van der Waals surface area contributed by atoms with Crippen molar-refractivity contribution in [1.82, 2.24) is 19.9 Å². The van der Waals surface area contributed by atoms with Gasteiger partial charge in [-0.3, -0.25) is 0 Å². The molecule has 0 amide bonds. The van der Waals surface area contributed by atoms with Gasteiger partial charge in [-0.1, -0.05) is 219 Å². The molecule has 602 valence electrons. The maximum Gasteiger partial charge on any atom is 0.360 e. The molecule has 0 aromatic carbocycles. The molecule has 7 N–H and O–H groups in total. The largest absolute Gasteiger partial charge is 0.457 e. The van der Waals surface area contributed by atoms with Crippen LogP contribution < -0.4 is 5.73 Å². The van der Waals surface area contributed by atoms with Crippen LogP contribution in [0.5, 0.6) is 0 Å². The van der Waals surface area contributed by atoms with Gasteiger partial charge < -0.3 is 67.9 Å². The predicted octanol–water partition coefficient (Wildman–Crippen LogP) is 16.1. The minimum absolute atomic E-state index is 0.000964. The Kier molecular flexibility index (Phi) is 29.3. The van der Waals surface area contributed by atoms with E-state index in [9.17, 15) is 44.7 Å². The number of nitrogens with zero attached hydrogens (tertiary/aromatic N) is 4. The van der Waals surface area contributed by atoms with Crippen LogP contribution in [0, 0.1) is 63.1 Å². The Balaban J connectivity index is 1.04. The van der Waals surface area contributed by atoms with Gasteiger partial charge >= 0.3 is 23.9 Å². The zero-order valence-corrected chi connectivity index (χ0v) is 66.6. The number of carbonyl (C=O) groups is 4. The van der Waals surface area contributed by atoms with Crippen LogP contribution in [-0.4, -0.2) is 131 Å². The third-order valence-electron chi connectivity index (χ3n) is 22.3. The number of aliphatic hydroxyl groups excluding tert-OH is 5. The highest BCUT2D eigenvalue weighted by atomic mass is 16.6. The fourth-order valence-corrected chi connectivity index (χ4v) is 13.6. The van der Waals surface area contributed by atoms with Crippen LogP contribution in [-0.2, 0) is 18.9 Å². The summed E-state index contributed by atoms with van der Waals surface area (Å²) in [5.41, 5.74) is 4.02. The number of ether oxygens (including phenoxy) is 4. The second kappa shape index (κ2) is 38.7. The summed E-state index contributed by atoms with van der Waals surface area (Å²) in [5, 5.41) is 55.9. The Labute approximate surface area is 662 Å². The molecule has 4 aromatic rings. The maximum atomic E-state index is 14.8. The van der Waals surface area contributed by atoms with Crippen LogP contribution in [0.4, 0.5) is 0 Å². The molecule has 8 bridgehead atoms. The van der Waals surface area contributed by atoms with Crippen LogP contribution in [0.25, 0.3) is 23.3 Å². The van der Waals surface area contributed by atoms with Crippen molar-refractivity contribution >= 4 is 47.2 Å². The fraction of sp³-hybridized carbons (Fsp3) is 0.451. The maximum absolute atomic E-state index is 14.8. The number of fused-ring (bicyclic) bond motifs is 12. The van der Waals surface area contributed by atoms with Gasteiger partial charge in [0.05, 0.1) is 24.4 Å². The first-order chi connectivity index (χ1) is 54.1. The number of allylic oxidation sites excluding steroid dienone is 22. The molecule has 6 aliphatic rings. The Morgan fingerprint density at radius 2 is 0.788 bits per heavy atom. The van der Waals surface area contributed by atoms with Crippen molar-refractivity contribution in [2.45, 2.75) is 183 Å². The minimum Gasteiger partial charge on any atom is -0.457 e. The van der Waals surface area contributed by atoms with Gasteiger partial charge in [-0.15, -0.1) is 0 Å². The van der Waals surface area contributed by atoms with Gasteiger partial charge in [0.1, 0.15) is 49.5 Å². The molecular weight excluding hydrogens is 1440 g/mol. The molecule has 15 atom stereocenters. The van der Waals surface area contributed by atoms with Crippen molar-refractivity contribution in [3.8, 4) is 0 Å². The summed E-state index contributed by atoms with van der Waals surface area (Å²) in [7, 11) is 0. The lowest BCUT2D eigenvalue weighted by atomic mass is 9.78. The third kappa shape index (κ3) is 22.7. The van der Waals surface area contributed by atoms with Gasteiger partial charge in [-0.25, -0.2) is 39.1 Å². The Bertz CT molecular complexity index is 4510. The van der Waals surface area contributed by atoms with Gasteiger partial charge in [0, 0.05) is 83.2 Å². The second-order valence-corrected chi connectivity index (χ2v) is 32.2. The molecule has 0 radical (unpaired) electrons. The van der Waals surface area contributed by atoms with E-state index in [-0.39, 0.29) is 131 Å². The summed E-state index contributed by atoms with van der Waals surface area (Å²) in [5.74, 6) is -2.24. The standard InChI is InChI=1S/C91H111N5O17/c1-12-28-72(98)88(4,5)76-42-25-34-62-51-59(62)31-22-39-67(83-96-71(56-109-83)87(105)113-79(91(10,11)75(101)41-19-21-49-97)45-27-37-65-57(3)64(65)36-15-17-47-81-94-68(54-107-81)84(102)110-76)66-38-23-32-60-52-63(60)35-26-44-78(90(8,9)74(100)40-18-20-48-92)111-85(103)69-53-106-80(93-69)46-16-14-30-58-50-61(58)33-24-43-77(89(6,7)73(99)29-13-2)112-86(104)70-55-108-82(66)95-70/h12-19,22-41,46-47,53-56,58-64,72-79,97-101H,20-21,42-45,48-52,92H2,1-11H3/b28-12+,29-13+,30-14+,31-22+,32-23+,33-24-,34-25-,35-26-,36-15+,37-27-,40-18+,41-19+,46-16-,47-17-,66-38-,67-39-/t58-,59-,60+,61?,62?,63-,64+,72-,73-,74-,75-,76-,77-,78-,79-/m0/s1. The molecule has 0 saturated heterocycles. The topological polar surface area (TPSA) is 336 Å². The Hall–Kier alpha value is -9.94. The minimum atomic E-state index is -1.13. The first-order valence-electron chi connectivity index (χ1n) is 39.2. The zero-order chi connectivity index (χ0) is 81.2. The molecule has 2 unspecified atom stereocenters. The molecule has 113 heavy (non-hydrogen) atoms. The average molecular weight is 1550 g/mol. The monoisotopic (exact) mass is 1550 g/mol. The third-order valence-corrected chi connectivity index (χ3v) is 22.3. The molecule has 4 aromatic heterocycles. The van der Waals surface area contributed by atoms with E-state index >= 15 is 0 Å². The van der Waals surface area contributed by atoms with E-state index in [1.165, 1.54) is 25.1 Å². The summed E-state index contributed by atoms with van der Waals surface area (Å²) in [6.07, 6.45) is 56.9. The van der Waals surface area contributed by atoms with Gasteiger partial charge in [0.25, 0.3) is 0 Å². The van der Waals surface area contributed by atoms with Crippen LogP contribution in [0.15, 0.2) is 224 Å². The number of aliphatic hydroxyl groups is 5. The molecule has 22 nitrogen and oxygen atoms in total. The highest BCUT2D eigenvalue weighted by molar-refractivity contribution is 6.03. The quantitative estimate of drug-likeness (QED) is 0.0325. The van der Waals surface area contributed by atoms with Crippen molar-refractivity contribution < 1.29 is 81.3 Å². The first-order valence-corrected chi connectivity index (χ1v) is 39.2. The van der Waals surface area contributed by atoms with E-state index in [4.69, 9.17) is 52.3 Å². The van der Waals surface area contributed by atoms with Gasteiger partial charge in [0.2, 0.25) is 23.6 Å². The molecular formula is C91H111N5O17. The van der Waals surface area contributed by atoms with Crippen LogP contribution in [0.2, 0.25) is 0 Å². The number of cyclic esters (lactones) is 4. The van der Waals surface area contributed by atoms with Gasteiger partial charge in [0.15, 0.2) is 22.8 Å². The van der Waals surface area contributed by atoms with E-state index in [2.05, 4.69) is 34.3 Å². The number of esters is 4. The Morgan fingerprint density at radius 1 is 0.442 bits per heavy atom. The number of nitrogens with two attached hydrogens (primary N) is 1. The van der Waals surface area contributed by atoms with Crippen LogP contribution in [0.3, 0.4) is 0 Å². The lowest BCUT2D eigenvalue weighted by Gasteiger charge is -2.36. The molecule has 2 aliphatic heterocycles. The Morgan fingerprint density at radius 3 is 1.18 bits per heavy atom. The van der Waals surface area contributed by atoms with Gasteiger partial charge in [-0.05, 0) is 113 Å². The summed E-state index contributed by atoms with van der Waals surface area (Å²) < 4.78 is 49.2. The van der Waals surface area contributed by atoms with Crippen molar-refractivity contribution in [3.63, 3.8) is 0 Å². The van der Waals surface area contributed by atoms with Crippen LogP contribution in [0.1, 0.15) is 199 Å². The van der Waals surface area contributed by atoms with Crippen LogP contribution >= 0.6 is 0 Å². The summed E-state index contributed by atoms with van der Waals surface area (Å²) >= 11 is 0. The number of hydrogen-bond donors (Lipinski definition) is 6. The second-order valence-electron chi connectivity index (χ2n) is 32.2. The van der Waals surface area contributed by atoms with Crippen molar-refractivity contribution in [2.24, 2.45) is 68.8 Å². The van der Waals surface area contributed by atoms with E-state index in [1.54, 1.807) is 99.8 Å². The number of oxazole rings is 4. The number of hydrogen-bond acceptors (Lipinski definition) is 22. The normalized spacial score (nSPS) is 29.8. The highest BCUT2D eigenvalue weighted by Crippen LogP contribution is 2.46. The van der Waals surface area contributed by atoms with E-state index in [0.29, 0.717) is 19.4 Å². The van der Waals surface area contributed by atoms with E-state index in [0.717, 1.165) is 30.4 Å². The lowest BCUT2D eigenvalue weighted by Crippen LogP contribution is -2.42. The van der Waals surface area contributed by atoms with Gasteiger partial charge in [-0.2, -0.15) is 0 Å². The fourth-order valence-electron chi connectivity index (χ4n) is 13.6. The smallest absolute Gasteiger partial charge is 0.360 e. The predicted molar refractivity (Wildman–Crippen MR) is 432 cm³/mol. The molecule has 3 saturated carbocycles. The highest BCUT2D eigenvalue weighted by Gasteiger charge is 2.44. The van der Waals surface area contributed by atoms with Crippen molar-refractivity contribution in [2.75, 3.05) is 13.2 Å². The number of aromatic nitrogens is 4. The molecule has 10 rings (SSSR count). The SMILES string of the molecule is C/C=C/[C@H](O)C(C)(C)[C@@H]1C/C=C\C2C[C@@H]2/C=C/C=C(/C2=C/C=C/[C@@H]3C[C@@H]3/C=C\C[C@@H](C(C)(C)[C@@H](O)/C=C/CCN)OC(=O)c3coc(n3)/C=C\C=C\[C@H]3CC3/C=C\C[C@@H](C(C)(C)[C@@H](O)/C=C/C)OC(=O)c3coc2n3)c2nc(co2)C(=O)O[C@H](C(C)(C)[C@@H](O)/C=C/CCO)C/C=C\C2=C(C)[C@H]2/C=C/C=C\c2nc(co2)C(=O)O1. The molecule has 6 heterocycles. The number of carbonyl (C=O) groups excluding carboxylic acids is 4. The summed E-state index contributed by atoms with van der Waals surface area (Å²) in [6.45, 7) is 20.5. The van der Waals surface area contributed by atoms with Crippen molar-refractivity contribution in [3.05, 3.63) is 253 Å². The molecule has 22 heteroatoms. The zero-order valence-electron chi connectivity index (χ0n) is 66.6. The molecule has 4 aliphatic carbocycles. The summed E-state index contributed by atoms with van der Waals surface area (Å²) in [6, 6.07) is 0. The van der Waals surface area contributed by atoms with Crippen molar-refractivity contribution in [1.29, 1.82) is 0 Å².